The number of nitrogens with one attached hydrogen (secondary N) is 1. The highest BCUT2D eigenvalue weighted by Crippen LogP contribution is 2.30. The van der Waals surface area contributed by atoms with Gasteiger partial charge in [0, 0.05) is 12.0 Å². The molecular formula is C19H19ClN2O2. The number of fused-ring (bicyclic) bond motifs is 1. The first-order valence-corrected chi connectivity index (χ1v) is 8.27. The van der Waals surface area contributed by atoms with Gasteiger partial charge in [0.2, 0.25) is 11.8 Å². The van der Waals surface area contributed by atoms with Gasteiger partial charge in [-0.2, -0.15) is 0 Å². The number of benzene rings is 2. The Bertz CT molecular complexity index is 900. The van der Waals surface area contributed by atoms with E-state index in [1.807, 2.05) is 45.0 Å². The second-order valence-corrected chi connectivity index (χ2v) is 6.74. The summed E-state index contributed by atoms with van der Waals surface area (Å²) in [5.41, 5.74) is 4.00. The van der Waals surface area contributed by atoms with Crippen molar-refractivity contribution in [1.82, 2.24) is 4.98 Å². The van der Waals surface area contributed by atoms with Crippen LogP contribution in [-0.4, -0.2) is 10.9 Å². The van der Waals surface area contributed by atoms with E-state index in [0.29, 0.717) is 23.0 Å². The lowest BCUT2D eigenvalue weighted by atomic mass is 10.1. The van der Waals surface area contributed by atoms with Crippen molar-refractivity contribution >= 4 is 34.3 Å². The number of rotatable bonds is 4. The highest BCUT2D eigenvalue weighted by Gasteiger charge is 2.13. The second kappa shape index (κ2) is 6.65. The number of aromatic nitrogens is 1. The van der Waals surface area contributed by atoms with Crippen molar-refractivity contribution in [1.29, 1.82) is 0 Å². The number of aryl methyl sites for hydroxylation is 1. The Morgan fingerprint density at radius 1 is 1.25 bits per heavy atom. The highest BCUT2D eigenvalue weighted by molar-refractivity contribution is 6.33. The number of hydrogen-bond acceptors (Lipinski definition) is 3. The van der Waals surface area contributed by atoms with E-state index in [2.05, 4.69) is 10.3 Å². The van der Waals surface area contributed by atoms with Gasteiger partial charge < -0.3 is 9.73 Å². The van der Waals surface area contributed by atoms with Crippen LogP contribution in [0.25, 0.3) is 22.6 Å². The Labute approximate surface area is 145 Å². The maximum Gasteiger partial charge on any atom is 0.227 e. The van der Waals surface area contributed by atoms with Gasteiger partial charge >= 0.3 is 0 Å². The molecule has 1 N–H and O–H groups in total. The minimum atomic E-state index is -0.0581. The predicted octanol–water partition coefficient (Wildman–Crippen LogP) is 5.44. The minimum absolute atomic E-state index is 0.0581. The molecule has 0 unspecified atom stereocenters. The van der Waals surface area contributed by atoms with E-state index in [1.165, 1.54) is 0 Å². The Morgan fingerprint density at radius 2 is 2.04 bits per heavy atom. The van der Waals surface area contributed by atoms with Crippen LogP contribution >= 0.6 is 11.6 Å². The van der Waals surface area contributed by atoms with Crippen LogP contribution in [0.15, 0.2) is 40.8 Å². The molecule has 0 aliphatic rings. The standard InChI is InChI=1S/C19H19ClN2O2/c1-11(2)8-18(23)21-16-10-13(5-6-14(16)20)19-22-15-7-4-12(3)9-17(15)24-19/h4-7,9-11H,8H2,1-3H3,(H,21,23). The minimum Gasteiger partial charge on any atom is -0.436 e. The van der Waals surface area contributed by atoms with Crippen LogP contribution < -0.4 is 5.32 Å². The van der Waals surface area contributed by atoms with Crippen LogP contribution in [0.1, 0.15) is 25.8 Å². The number of anilines is 1. The molecule has 0 bridgehead atoms. The summed E-state index contributed by atoms with van der Waals surface area (Å²) in [4.78, 5) is 16.5. The molecule has 0 spiro atoms. The number of carbonyl (C=O) groups excluding carboxylic acids is 1. The van der Waals surface area contributed by atoms with Crippen molar-refractivity contribution in [2.24, 2.45) is 5.92 Å². The summed E-state index contributed by atoms with van der Waals surface area (Å²) in [6, 6.07) is 11.2. The molecule has 24 heavy (non-hydrogen) atoms. The van der Waals surface area contributed by atoms with Crippen molar-refractivity contribution in [3.05, 3.63) is 47.0 Å². The SMILES string of the molecule is Cc1ccc2nc(-c3ccc(Cl)c(NC(=O)CC(C)C)c3)oc2c1. The largest absolute Gasteiger partial charge is 0.436 e. The van der Waals surface area contributed by atoms with E-state index in [-0.39, 0.29) is 11.8 Å². The lowest BCUT2D eigenvalue weighted by Crippen LogP contribution is -2.14. The number of oxazole rings is 1. The Hall–Kier alpha value is -2.33. The van der Waals surface area contributed by atoms with Gasteiger partial charge in [-0.1, -0.05) is 31.5 Å². The molecule has 1 aromatic heterocycles. The third-order valence-corrected chi connectivity index (χ3v) is 3.95. The van der Waals surface area contributed by atoms with Crippen molar-refractivity contribution in [3.8, 4) is 11.5 Å². The summed E-state index contributed by atoms with van der Waals surface area (Å²) in [7, 11) is 0. The van der Waals surface area contributed by atoms with E-state index in [1.54, 1.807) is 12.1 Å². The average Bonchev–Trinajstić information content (AvgIpc) is 2.91. The second-order valence-electron chi connectivity index (χ2n) is 6.33. The molecular weight excluding hydrogens is 324 g/mol. The molecule has 0 saturated carbocycles. The molecule has 0 fully saturated rings. The molecule has 5 heteroatoms. The molecule has 1 amide bonds. The maximum absolute atomic E-state index is 12.0. The fourth-order valence-electron chi connectivity index (χ4n) is 2.48. The molecule has 0 atom stereocenters. The van der Waals surface area contributed by atoms with Crippen molar-refractivity contribution in [3.63, 3.8) is 0 Å². The predicted molar refractivity (Wildman–Crippen MR) is 97.3 cm³/mol. The van der Waals surface area contributed by atoms with Crippen LogP contribution in [0.3, 0.4) is 0 Å². The zero-order valence-electron chi connectivity index (χ0n) is 13.9. The first-order chi connectivity index (χ1) is 11.4. The van der Waals surface area contributed by atoms with Gasteiger partial charge in [-0.3, -0.25) is 4.79 Å². The van der Waals surface area contributed by atoms with Gasteiger partial charge in [0.1, 0.15) is 5.52 Å². The normalized spacial score (nSPS) is 11.2. The fourth-order valence-corrected chi connectivity index (χ4v) is 2.65. The Kier molecular flexibility index (Phi) is 4.58. The maximum atomic E-state index is 12.0. The molecule has 0 saturated heterocycles. The van der Waals surface area contributed by atoms with E-state index in [0.717, 1.165) is 22.2 Å². The van der Waals surface area contributed by atoms with E-state index in [9.17, 15) is 4.79 Å². The molecule has 2 aromatic carbocycles. The molecule has 0 aliphatic carbocycles. The Balaban J connectivity index is 1.93. The highest BCUT2D eigenvalue weighted by atomic mass is 35.5. The number of halogens is 1. The molecule has 3 rings (SSSR count). The van der Waals surface area contributed by atoms with E-state index in [4.69, 9.17) is 16.0 Å². The zero-order chi connectivity index (χ0) is 17.3. The first kappa shape index (κ1) is 16.5. The summed E-state index contributed by atoms with van der Waals surface area (Å²) >= 11 is 6.20. The molecule has 124 valence electrons. The topological polar surface area (TPSA) is 55.1 Å². The van der Waals surface area contributed by atoms with Crippen LogP contribution in [0.4, 0.5) is 5.69 Å². The quantitative estimate of drug-likeness (QED) is 0.686. The van der Waals surface area contributed by atoms with E-state index >= 15 is 0 Å². The van der Waals surface area contributed by atoms with E-state index < -0.39 is 0 Å². The van der Waals surface area contributed by atoms with Crippen LogP contribution in [-0.2, 0) is 4.79 Å². The van der Waals surface area contributed by atoms with Gasteiger partial charge in [0.05, 0.1) is 10.7 Å². The van der Waals surface area contributed by atoms with Gasteiger partial charge in [-0.05, 0) is 48.7 Å². The zero-order valence-corrected chi connectivity index (χ0v) is 14.6. The average molecular weight is 343 g/mol. The third-order valence-electron chi connectivity index (χ3n) is 3.62. The van der Waals surface area contributed by atoms with Crippen LogP contribution in [0.5, 0.6) is 0 Å². The summed E-state index contributed by atoms with van der Waals surface area (Å²) in [5.74, 6) is 0.733. The number of amides is 1. The lowest BCUT2D eigenvalue weighted by molar-refractivity contribution is -0.116. The lowest BCUT2D eigenvalue weighted by Gasteiger charge is -2.09. The molecule has 0 radical (unpaired) electrons. The monoisotopic (exact) mass is 342 g/mol. The molecule has 0 aliphatic heterocycles. The molecule has 1 heterocycles. The number of nitrogens with zero attached hydrogens (tertiary/aromatic N) is 1. The number of hydrogen-bond donors (Lipinski definition) is 1. The Morgan fingerprint density at radius 3 is 2.79 bits per heavy atom. The van der Waals surface area contributed by atoms with Gasteiger partial charge in [0.15, 0.2) is 5.58 Å². The fraction of sp³-hybridized carbons (Fsp3) is 0.263. The first-order valence-electron chi connectivity index (χ1n) is 7.89. The molecule has 4 nitrogen and oxygen atoms in total. The summed E-state index contributed by atoms with van der Waals surface area (Å²) in [6.07, 6.45) is 0.447. The van der Waals surface area contributed by atoms with Crippen LogP contribution in [0.2, 0.25) is 5.02 Å². The molecule has 3 aromatic rings. The summed E-state index contributed by atoms with van der Waals surface area (Å²) in [6.45, 7) is 6.00. The van der Waals surface area contributed by atoms with Gasteiger partial charge in [-0.15, -0.1) is 0 Å². The summed E-state index contributed by atoms with van der Waals surface area (Å²) in [5, 5.41) is 3.34. The van der Waals surface area contributed by atoms with Gasteiger partial charge in [-0.25, -0.2) is 4.98 Å². The van der Waals surface area contributed by atoms with Crippen molar-refractivity contribution < 1.29 is 9.21 Å². The van der Waals surface area contributed by atoms with Crippen molar-refractivity contribution in [2.45, 2.75) is 27.2 Å². The van der Waals surface area contributed by atoms with Crippen LogP contribution in [0, 0.1) is 12.8 Å². The summed E-state index contributed by atoms with van der Waals surface area (Å²) < 4.78 is 5.83. The van der Waals surface area contributed by atoms with Crippen molar-refractivity contribution in [2.75, 3.05) is 5.32 Å². The smallest absolute Gasteiger partial charge is 0.227 e. The van der Waals surface area contributed by atoms with Gasteiger partial charge in [0.25, 0.3) is 0 Å². The number of carbonyl (C=O) groups is 1. The third kappa shape index (κ3) is 3.60.